The van der Waals surface area contributed by atoms with Gasteiger partial charge in [-0.1, -0.05) is 26.0 Å². The van der Waals surface area contributed by atoms with Crippen LogP contribution in [0.15, 0.2) is 29.2 Å². The van der Waals surface area contributed by atoms with Gasteiger partial charge in [0.1, 0.15) is 0 Å². The predicted octanol–water partition coefficient (Wildman–Crippen LogP) is 2.19. The number of benzene rings is 1. The molecule has 0 aromatic heterocycles. The van der Waals surface area contributed by atoms with E-state index in [-0.39, 0.29) is 5.91 Å². The number of amides is 1. The van der Waals surface area contributed by atoms with Crippen molar-refractivity contribution in [2.75, 3.05) is 6.54 Å². The van der Waals surface area contributed by atoms with Crippen molar-refractivity contribution in [3.8, 4) is 0 Å². The number of hydrogen-bond acceptors (Lipinski definition) is 3. The summed E-state index contributed by atoms with van der Waals surface area (Å²) in [7, 11) is 0. The fraction of sp³-hybridized carbons (Fsp3) is 0.500. The molecule has 0 aliphatic rings. The van der Waals surface area contributed by atoms with Gasteiger partial charge in [-0.15, -0.1) is 11.8 Å². The summed E-state index contributed by atoms with van der Waals surface area (Å²) in [6.45, 7) is 6.69. The lowest BCUT2D eigenvalue weighted by Gasteiger charge is -2.08. The third-order valence-electron chi connectivity index (χ3n) is 2.42. The largest absolute Gasteiger partial charge is 0.354 e. The molecule has 1 amide bonds. The third-order valence-corrected chi connectivity index (χ3v) is 3.44. The van der Waals surface area contributed by atoms with Gasteiger partial charge < -0.3 is 11.1 Å². The molecule has 0 aliphatic heterocycles. The molecule has 4 heteroatoms. The molecule has 1 unspecified atom stereocenters. The Hall–Kier alpha value is -1.00. The molecule has 0 fully saturated rings. The maximum absolute atomic E-state index is 11.3. The van der Waals surface area contributed by atoms with Crippen molar-refractivity contribution in [1.29, 1.82) is 0 Å². The molecule has 0 saturated heterocycles. The number of thioether (sulfide) groups is 1. The smallest absolute Gasteiger partial charge is 0.236 e. The van der Waals surface area contributed by atoms with Gasteiger partial charge in [0.15, 0.2) is 0 Å². The lowest BCUT2D eigenvalue weighted by atomic mass is 10.1. The van der Waals surface area contributed by atoms with Crippen molar-refractivity contribution >= 4 is 17.7 Å². The summed E-state index contributed by atoms with van der Waals surface area (Å²) in [4.78, 5) is 12.6. The lowest BCUT2D eigenvalue weighted by molar-refractivity contribution is -0.121. The van der Waals surface area contributed by atoms with Gasteiger partial charge in [-0.25, -0.2) is 0 Å². The van der Waals surface area contributed by atoms with Gasteiger partial charge >= 0.3 is 0 Å². The van der Waals surface area contributed by atoms with Crippen LogP contribution in [0.5, 0.6) is 0 Å². The van der Waals surface area contributed by atoms with Gasteiger partial charge in [0.2, 0.25) is 5.91 Å². The summed E-state index contributed by atoms with van der Waals surface area (Å²) in [5.74, 6) is -0.0954. The Bertz CT molecular complexity index is 374. The van der Waals surface area contributed by atoms with Crippen LogP contribution in [0, 0.1) is 0 Å². The maximum atomic E-state index is 11.3. The Balaban J connectivity index is 2.37. The Morgan fingerprint density at radius 3 is 2.39 bits per heavy atom. The minimum absolute atomic E-state index is 0.0954. The lowest BCUT2D eigenvalue weighted by Crippen LogP contribution is -2.39. The van der Waals surface area contributed by atoms with Gasteiger partial charge in [0, 0.05) is 16.7 Å². The summed E-state index contributed by atoms with van der Waals surface area (Å²) < 4.78 is 0. The first-order valence-electron chi connectivity index (χ1n) is 6.28. The summed E-state index contributed by atoms with van der Waals surface area (Å²) in [5, 5.41) is 3.41. The molecule has 1 aromatic rings. The van der Waals surface area contributed by atoms with Crippen LogP contribution in [0.2, 0.25) is 0 Å². The number of carbonyl (C=O) groups excluding carboxylic acids is 1. The van der Waals surface area contributed by atoms with E-state index in [4.69, 9.17) is 5.73 Å². The van der Waals surface area contributed by atoms with E-state index in [9.17, 15) is 4.79 Å². The van der Waals surface area contributed by atoms with Crippen molar-refractivity contribution in [1.82, 2.24) is 5.32 Å². The summed E-state index contributed by atoms with van der Waals surface area (Å²) in [6.07, 6.45) is 0.838. The monoisotopic (exact) mass is 266 g/mol. The van der Waals surface area contributed by atoms with Crippen LogP contribution in [-0.4, -0.2) is 23.7 Å². The summed E-state index contributed by atoms with van der Waals surface area (Å²) >= 11 is 1.85. The topological polar surface area (TPSA) is 55.1 Å². The van der Waals surface area contributed by atoms with Gasteiger partial charge in [-0.3, -0.25) is 4.79 Å². The van der Waals surface area contributed by atoms with Crippen LogP contribution in [-0.2, 0) is 11.2 Å². The third kappa shape index (κ3) is 5.56. The molecule has 0 radical (unpaired) electrons. The van der Waals surface area contributed by atoms with Crippen LogP contribution in [0.3, 0.4) is 0 Å². The Labute approximate surface area is 114 Å². The zero-order chi connectivity index (χ0) is 13.5. The van der Waals surface area contributed by atoms with Crippen LogP contribution in [0.1, 0.15) is 26.3 Å². The van der Waals surface area contributed by atoms with Crippen molar-refractivity contribution < 1.29 is 4.79 Å². The Morgan fingerprint density at radius 1 is 1.28 bits per heavy atom. The number of nitrogens with one attached hydrogen (secondary N) is 1. The molecule has 18 heavy (non-hydrogen) atoms. The number of rotatable bonds is 6. The fourth-order valence-electron chi connectivity index (χ4n) is 1.50. The van der Waals surface area contributed by atoms with E-state index < -0.39 is 6.04 Å². The highest BCUT2D eigenvalue weighted by atomic mass is 32.2. The number of hydrogen-bond donors (Lipinski definition) is 2. The molecule has 1 atom stereocenters. The molecule has 0 spiro atoms. The van der Waals surface area contributed by atoms with Crippen molar-refractivity contribution in [2.45, 2.75) is 43.4 Å². The van der Waals surface area contributed by atoms with Crippen molar-refractivity contribution in [3.63, 3.8) is 0 Å². The molecule has 3 N–H and O–H groups in total. The average Bonchev–Trinajstić information content (AvgIpc) is 2.30. The SMILES string of the molecule is CC(C)Sc1ccc(CCNC(=O)C(C)N)cc1. The first-order chi connectivity index (χ1) is 8.49. The second-order valence-electron chi connectivity index (χ2n) is 4.64. The average molecular weight is 266 g/mol. The van der Waals surface area contributed by atoms with Gasteiger partial charge in [0.25, 0.3) is 0 Å². The first-order valence-corrected chi connectivity index (χ1v) is 7.16. The highest BCUT2D eigenvalue weighted by molar-refractivity contribution is 7.99. The molecule has 1 rings (SSSR count). The molecule has 1 aromatic carbocycles. The first kappa shape index (κ1) is 15.1. The summed E-state index contributed by atoms with van der Waals surface area (Å²) in [6, 6.07) is 8.06. The highest BCUT2D eigenvalue weighted by Crippen LogP contribution is 2.22. The van der Waals surface area contributed by atoms with Crippen LogP contribution in [0.25, 0.3) is 0 Å². The molecule has 0 aliphatic carbocycles. The zero-order valence-electron chi connectivity index (χ0n) is 11.3. The van der Waals surface area contributed by atoms with Crippen LogP contribution in [0.4, 0.5) is 0 Å². The highest BCUT2D eigenvalue weighted by Gasteiger charge is 2.05. The van der Waals surface area contributed by atoms with Crippen molar-refractivity contribution in [3.05, 3.63) is 29.8 Å². The second-order valence-corrected chi connectivity index (χ2v) is 6.29. The van der Waals surface area contributed by atoms with Gasteiger partial charge in [-0.05, 0) is 31.0 Å². The normalized spacial score (nSPS) is 12.5. The molecule has 0 saturated carbocycles. The molecule has 0 bridgehead atoms. The van der Waals surface area contributed by atoms with E-state index in [0.717, 1.165) is 6.42 Å². The van der Waals surface area contributed by atoms with E-state index in [1.807, 2.05) is 11.8 Å². The Kier molecular flexibility index (Phi) is 6.22. The number of nitrogens with two attached hydrogens (primary N) is 1. The Morgan fingerprint density at radius 2 is 1.89 bits per heavy atom. The fourth-order valence-corrected chi connectivity index (χ4v) is 2.34. The van der Waals surface area contributed by atoms with Crippen molar-refractivity contribution in [2.24, 2.45) is 5.73 Å². The van der Waals surface area contributed by atoms with Gasteiger partial charge in [-0.2, -0.15) is 0 Å². The van der Waals surface area contributed by atoms with E-state index in [0.29, 0.717) is 11.8 Å². The summed E-state index contributed by atoms with van der Waals surface area (Å²) in [5.41, 5.74) is 6.70. The molecular formula is C14H22N2OS. The minimum Gasteiger partial charge on any atom is -0.354 e. The molecular weight excluding hydrogens is 244 g/mol. The van der Waals surface area contributed by atoms with E-state index in [1.165, 1.54) is 10.5 Å². The zero-order valence-corrected chi connectivity index (χ0v) is 12.1. The van der Waals surface area contributed by atoms with Crippen LogP contribution >= 0.6 is 11.8 Å². The minimum atomic E-state index is -0.435. The maximum Gasteiger partial charge on any atom is 0.236 e. The van der Waals surface area contributed by atoms with Crippen LogP contribution < -0.4 is 11.1 Å². The number of carbonyl (C=O) groups is 1. The second kappa shape index (κ2) is 7.44. The quantitative estimate of drug-likeness (QED) is 0.776. The van der Waals surface area contributed by atoms with Gasteiger partial charge in [0.05, 0.1) is 6.04 Å². The standard InChI is InChI=1S/C14H22N2OS/c1-10(2)18-13-6-4-12(5-7-13)8-9-16-14(17)11(3)15/h4-7,10-11H,8-9,15H2,1-3H3,(H,16,17). The predicted molar refractivity (Wildman–Crippen MR) is 77.8 cm³/mol. The van der Waals surface area contributed by atoms with E-state index in [2.05, 4.69) is 43.4 Å². The molecule has 3 nitrogen and oxygen atoms in total. The van der Waals surface area contributed by atoms with E-state index in [1.54, 1.807) is 6.92 Å². The molecule has 0 heterocycles. The van der Waals surface area contributed by atoms with E-state index >= 15 is 0 Å². The molecule has 100 valence electrons.